The predicted octanol–water partition coefficient (Wildman–Crippen LogP) is 2.49. The van der Waals surface area contributed by atoms with Crippen LogP contribution in [0.4, 0.5) is 0 Å². The first-order chi connectivity index (χ1) is 8.42. The van der Waals surface area contributed by atoms with Gasteiger partial charge in [-0.2, -0.15) is 0 Å². The SMILES string of the molecule is C1=CC(Cc2ncccn2)Oc2ccccc21. The Morgan fingerprint density at radius 2 is 1.88 bits per heavy atom. The van der Waals surface area contributed by atoms with Crippen LogP contribution in [0.25, 0.3) is 6.08 Å². The maximum absolute atomic E-state index is 5.87. The molecule has 0 bridgehead atoms. The van der Waals surface area contributed by atoms with Crippen LogP contribution in [-0.2, 0) is 6.42 Å². The standard InChI is InChI=1S/C14H12N2O/c1-2-5-13-11(4-1)6-7-12(17-13)10-14-15-8-3-9-16-14/h1-9,12H,10H2. The lowest BCUT2D eigenvalue weighted by Gasteiger charge is -2.20. The Hall–Kier alpha value is -2.16. The van der Waals surface area contributed by atoms with Gasteiger partial charge in [-0.15, -0.1) is 0 Å². The van der Waals surface area contributed by atoms with Crippen LogP contribution in [0.2, 0.25) is 0 Å². The first-order valence-corrected chi connectivity index (χ1v) is 5.61. The van der Waals surface area contributed by atoms with Crippen molar-refractivity contribution in [3.05, 3.63) is 60.2 Å². The van der Waals surface area contributed by atoms with Crippen molar-refractivity contribution in [2.45, 2.75) is 12.5 Å². The predicted molar refractivity (Wildman–Crippen MR) is 65.6 cm³/mol. The molecule has 3 nitrogen and oxygen atoms in total. The van der Waals surface area contributed by atoms with E-state index in [1.54, 1.807) is 12.4 Å². The van der Waals surface area contributed by atoms with Crippen LogP contribution in [0.1, 0.15) is 11.4 Å². The van der Waals surface area contributed by atoms with Crippen LogP contribution in [-0.4, -0.2) is 16.1 Å². The molecule has 1 aliphatic heterocycles. The van der Waals surface area contributed by atoms with Gasteiger partial charge < -0.3 is 4.74 Å². The highest BCUT2D eigenvalue weighted by molar-refractivity contribution is 5.59. The van der Waals surface area contributed by atoms with E-state index >= 15 is 0 Å². The normalized spacial score (nSPS) is 17.3. The van der Waals surface area contributed by atoms with Crippen molar-refractivity contribution in [3.8, 4) is 5.75 Å². The molecule has 1 aromatic carbocycles. The molecule has 2 heterocycles. The lowest BCUT2D eigenvalue weighted by molar-refractivity contribution is 0.243. The van der Waals surface area contributed by atoms with Gasteiger partial charge in [-0.05, 0) is 18.2 Å². The maximum Gasteiger partial charge on any atom is 0.132 e. The van der Waals surface area contributed by atoms with Crippen molar-refractivity contribution in [2.75, 3.05) is 0 Å². The summed E-state index contributed by atoms with van der Waals surface area (Å²) in [4.78, 5) is 8.41. The second-order valence-electron chi connectivity index (χ2n) is 3.92. The Morgan fingerprint density at radius 3 is 2.76 bits per heavy atom. The van der Waals surface area contributed by atoms with Crippen molar-refractivity contribution >= 4 is 6.08 Å². The first kappa shape index (κ1) is 10.0. The van der Waals surface area contributed by atoms with Crippen LogP contribution in [0.3, 0.4) is 0 Å². The number of nitrogens with zero attached hydrogens (tertiary/aromatic N) is 2. The van der Waals surface area contributed by atoms with E-state index in [0.29, 0.717) is 6.42 Å². The van der Waals surface area contributed by atoms with Crippen molar-refractivity contribution in [1.82, 2.24) is 9.97 Å². The zero-order valence-electron chi connectivity index (χ0n) is 9.28. The molecule has 0 N–H and O–H groups in total. The first-order valence-electron chi connectivity index (χ1n) is 5.61. The fraction of sp³-hybridized carbons (Fsp3) is 0.143. The number of rotatable bonds is 2. The van der Waals surface area contributed by atoms with Crippen molar-refractivity contribution in [1.29, 1.82) is 0 Å². The second kappa shape index (κ2) is 4.37. The highest BCUT2D eigenvalue weighted by Gasteiger charge is 2.15. The molecule has 3 rings (SSSR count). The third-order valence-electron chi connectivity index (χ3n) is 2.69. The van der Waals surface area contributed by atoms with Crippen LogP contribution in [0.5, 0.6) is 5.75 Å². The number of para-hydroxylation sites is 1. The summed E-state index contributed by atoms with van der Waals surface area (Å²) in [6.07, 6.45) is 8.37. The Labute approximate surface area is 99.8 Å². The lowest BCUT2D eigenvalue weighted by Crippen LogP contribution is -2.20. The maximum atomic E-state index is 5.87. The van der Waals surface area contributed by atoms with Gasteiger partial charge in [0.15, 0.2) is 0 Å². The van der Waals surface area contributed by atoms with Crippen LogP contribution >= 0.6 is 0 Å². The number of aromatic nitrogens is 2. The molecule has 1 atom stereocenters. The summed E-state index contributed by atoms with van der Waals surface area (Å²) in [6.45, 7) is 0. The molecule has 0 fully saturated rings. The number of ether oxygens (including phenoxy) is 1. The summed E-state index contributed by atoms with van der Waals surface area (Å²) in [5.74, 6) is 1.73. The van der Waals surface area contributed by atoms with Crippen LogP contribution < -0.4 is 4.74 Å². The molecule has 0 saturated carbocycles. The smallest absolute Gasteiger partial charge is 0.132 e. The van der Waals surface area contributed by atoms with Gasteiger partial charge in [0.25, 0.3) is 0 Å². The highest BCUT2D eigenvalue weighted by Crippen LogP contribution is 2.26. The van der Waals surface area contributed by atoms with E-state index in [9.17, 15) is 0 Å². The average molecular weight is 224 g/mol. The summed E-state index contributed by atoms with van der Waals surface area (Å²) < 4.78 is 5.87. The van der Waals surface area contributed by atoms with Gasteiger partial charge in [-0.25, -0.2) is 9.97 Å². The third kappa shape index (κ3) is 2.18. The van der Waals surface area contributed by atoms with E-state index in [1.165, 1.54) is 0 Å². The fourth-order valence-electron chi connectivity index (χ4n) is 1.86. The number of hydrogen-bond donors (Lipinski definition) is 0. The molecular weight excluding hydrogens is 212 g/mol. The van der Waals surface area contributed by atoms with Crippen LogP contribution in [0, 0.1) is 0 Å². The van der Waals surface area contributed by atoms with E-state index in [-0.39, 0.29) is 6.10 Å². The summed E-state index contributed by atoms with van der Waals surface area (Å²) in [5, 5.41) is 0. The van der Waals surface area contributed by atoms with Gasteiger partial charge in [-0.3, -0.25) is 0 Å². The Balaban J connectivity index is 1.77. The summed E-state index contributed by atoms with van der Waals surface area (Å²) in [6, 6.07) is 9.83. The van der Waals surface area contributed by atoms with Crippen molar-refractivity contribution < 1.29 is 4.74 Å². The van der Waals surface area contributed by atoms with Gasteiger partial charge in [-0.1, -0.05) is 24.3 Å². The van der Waals surface area contributed by atoms with Crippen LogP contribution in [0.15, 0.2) is 48.8 Å². The fourth-order valence-corrected chi connectivity index (χ4v) is 1.86. The molecule has 2 aromatic rings. The van der Waals surface area contributed by atoms with Gasteiger partial charge >= 0.3 is 0 Å². The number of hydrogen-bond acceptors (Lipinski definition) is 3. The zero-order chi connectivity index (χ0) is 11.5. The molecule has 1 aliphatic rings. The highest BCUT2D eigenvalue weighted by atomic mass is 16.5. The Morgan fingerprint density at radius 1 is 1.06 bits per heavy atom. The minimum atomic E-state index is 0.0206. The van der Waals surface area contributed by atoms with E-state index in [1.807, 2.05) is 30.3 Å². The van der Waals surface area contributed by atoms with E-state index in [0.717, 1.165) is 17.1 Å². The van der Waals surface area contributed by atoms with Gasteiger partial charge in [0.05, 0.1) is 0 Å². The minimum Gasteiger partial charge on any atom is -0.485 e. The van der Waals surface area contributed by atoms with Gasteiger partial charge in [0.1, 0.15) is 17.7 Å². The summed E-state index contributed by atoms with van der Waals surface area (Å²) >= 11 is 0. The second-order valence-corrected chi connectivity index (χ2v) is 3.92. The minimum absolute atomic E-state index is 0.0206. The summed E-state index contributed by atoms with van der Waals surface area (Å²) in [7, 11) is 0. The van der Waals surface area contributed by atoms with E-state index in [2.05, 4.69) is 22.1 Å². The average Bonchev–Trinajstić information content (AvgIpc) is 2.40. The zero-order valence-corrected chi connectivity index (χ0v) is 9.28. The molecule has 0 radical (unpaired) electrons. The molecule has 17 heavy (non-hydrogen) atoms. The molecule has 0 aliphatic carbocycles. The number of fused-ring (bicyclic) bond motifs is 1. The third-order valence-corrected chi connectivity index (χ3v) is 2.69. The molecule has 3 heteroatoms. The monoisotopic (exact) mass is 224 g/mol. The quantitative estimate of drug-likeness (QED) is 0.786. The van der Waals surface area contributed by atoms with E-state index in [4.69, 9.17) is 4.74 Å². The Bertz CT molecular complexity index is 537. The molecule has 0 amide bonds. The van der Waals surface area contributed by atoms with Gasteiger partial charge in [0, 0.05) is 24.4 Å². The molecule has 0 saturated heterocycles. The molecule has 1 aromatic heterocycles. The van der Waals surface area contributed by atoms with E-state index < -0.39 is 0 Å². The number of benzene rings is 1. The van der Waals surface area contributed by atoms with Gasteiger partial charge in [0.2, 0.25) is 0 Å². The topological polar surface area (TPSA) is 35.0 Å². The largest absolute Gasteiger partial charge is 0.485 e. The summed E-state index contributed by atoms with van der Waals surface area (Å²) in [5.41, 5.74) is 1.12. The molecule has 84 valence electrons. The Kier molecular flexibility index (Phi) is 2.58. The van der Waals surface area contributed by atoms with Crippen molar-refractivity contribution in [3.63, 3.8) is 0 Å². The molecule has 0 spiro atoms. The molecular formula is C14H12N2O. The lowest BCUT2D eigenvalue weighted by atomic mass is 10.1. The van der Waals surface area contributed by atoms with Crippen molar-refractivity contribution in [2.24, 2.45) is 0 Å². The molecule has 1 unspecified atom stereocenters.